The number of hydrogen-bond acceptors (Lipinski definition) is 7. The fraction of sp³-hybridized carbons (Fsp3) is 0.269. The summed E-state index contributed by atoms with van der Waals surface area (Å²) in [5, 5.41) is 0. The van der Waals surface area contributed by atoms with Crippen molar-refractivity contribution in [3.05, 3.63) is 60.7 Å². The average molecular weight is 469 g/mol. The minimum absolute atomic E-state index is 0.113. The van der Waals surface area contributed by atoms with Gasteiger partial charge in [-0.1, -0.05) is 19.2 Å². The summed E-state index contributed by atoms with van der Waals surface area (Å²) in [5.74, 6) is -0.977. The summed E-state index contributed by atoms with van der Waals surface area (Å²) in [6, 6.07) is 10.2. The third-order valence-electron chi connectivity index (χ3n) is 4.35. The molecule has 0 saturated heterocycles. The minimum atomic E-state index is -0.759. The Morgan fingerprint density at radius 3 is 1.97 bits per heavy atom. The summed E-state index contributed by atoms with van der Waals surface area (Å²) in [6.07, 6.45) is 1.90. The zero-order valence-electron chi connectivity index (χ0n) is 19.7. The second-order valence-corrected chi connectivity index (χ2v) is 9.35. The summed E-state index contributed by atoms with van der Waals surface area (Å²) in [5.41, 5.74) is 1.31. The van der Waals surface area contributed by atoms with Crippen molar-refractivity contribution in [3.63, 3.8) is 0 Å². The van der Waals surface area contributed by atoms with Crippen LogP contribution >= 0.6 is 11.8 Å². The van der Waals surface area contributed by atoms with Crippen molar-refractivity contribution < 1.29 is 28.6 Å². The first-order valence-corrected chi connectivity index (χ1v) is 11.4. The van der Waals surface area contributed by atoms with Gasteiger partial charge in [0.25, 0.3) is 0 Å². The van der Waals surface area contributed by atoms with Crippen LogP contribution < -0.4 is 14.2 Å². The normalized spacial score (nSPS) is 10.8. The molecule has 0 spiro atoms. The van der Waals surface area contributed by atoms with Crippen LogP contribution in [-0.4, -0.2) is 24.2 Å². The van der Waals surface area contributed by atoms with Gasteiger partial charge in [-0.2, -0.15) is 0 Å². The number of carbonyl (C=O) groups excluding carboxylic acids is 3. The van der Waals surface area contributed by atoms with Gasteiger partial charge >= 0.3 is 17.9 Å². The molecule has 0 aliphatic carbocycles. The zero-order chi connectivity index (χ0) is 24.9. The number of rotatable bonds is 7. The van der Waals surface area contributed by atoms with Crippen LogP contribution in [0.1, 0.15) is 34.6 Å². The van der Waals surface area contributed by atoms with Gasteiger partial charge in [0.1, 0.15) is 5.75 Å². The van der Waals surface area contributed by atoms with E-state index in [-0.39, 0.29) is 17.1 Å². The Morgan fingerprint density at radius 2 is 1.42 bits per heavy atom. The number of carbonyl (C=O) groups is 3. The van der Waals surface area contributed by atoms with Gasteiger partial charge in [-0.05, 0) is 82.3 Å². The van der Waals surface area contributed by atoms with Gasteiger partial charge in [-0.25, -0.2) is 9.59 Å². The molecule has 6 nitrogen and oxygen atoms in total. The van der Waals surface area contributed by atoms with Crippen LogP contribution in [0.5, 0.6) is 17.2 Å². The molecule has 2 rings (SSSR count). The molecule has 0 atom stereocenters. The molecule has 0 aliphatic heterocycles. The molecule has 0 radical (unpaired) electrons. The van der Waals surface area contributed by atoms with Crippen molar-refractivity contribution in [2.75, 3.05) is 6.26 Å². The zero-order valence-corrected chi connectivity index (χ0v) is 20.6. The number of benzene rings is 2. The Hall–Kier alpha value is -3.32. The van der Waals surface area contributed by atoms with Gasteiger partial charge in [0, 0.05) is 16.0 Å². The van der Waals surface area contributed by atoms with E-state index in [4.69, 9.17) is 14.2 Å². The van der Waals surface area contributed by atoms with Crippen molar-refractivity contribution in [1.29, 1.82) is 0 Å². The Morgan fingerprint density at radius 1 is 0.818 bits per heavy atom. The van der Waals surface area contributed by atoms with Gasteiger partial charge in [0.05, 0.1) is 5.41 Å². The van der Waals surface area contributed by atoms with Crippen LogP contribution in [0, 0.1) is 5.41 Å². The van der Waals surface area contributed by atoms with Crippen molar-refractivity contribution in [1.82, 2.24) is 0 Å². The number of hydrogen-bond donors (Lipinski definition) is 0. The highest BCUT2D eigenvalue weighted by Gasteiger charge is 2.26. The molecule has 0 unspecified atom stereocenters. The first-order valence-electron chi connectivity index (χ1n) is 10.1. The Balaban J connectivity index is 2.51. The standard InChI is InChI=1S/C26H28O6S/c1-15(2)23(27)30-18-10-11-19(22(14-18)33-8)17-9-12-20(31-24(28)16(3)4)21(13-17)32-25(29)26(5,6)7/h9-14H,1,3H2,2,4-8H3. The third kappa shape index (κ3) is 6.83. The largest absolute Gasteiger partial charge is 0.423 e. The van der Waals surface area contributed by atoms with Crippen LogP contribution in [-0.2, 0) is 14.4 Å². The van der Waals surface area contributed by atoms with E-state index in [1.165, 1.54) is 18.7 Å². The third-order valence-corrected chi connectivity index (χ3v) is 5.13. The summed E-state index contributed by atoms with van der Waals surface area (Å²) in [4.78, 5) is 37.3. The van der Waals surface area contributed by atoms with Crippen LogP contribution in [0.4, 0.5) is 0 Å². The molecule has 33 heavy (non-hydrogen) atoms. The summed E-state index contributed by atoms with van der Waals surface area (Å²) < 4.78 is 16.3. The SMILES string of the molecule is C=C(C)C(=O)Oc1ccc(-c2ccc(OC(=O)C(=C)C)c(OC(=O)C(C)(C)C)c2)c(SC)c1. The van der Waals surface area contributed by atoms with Gasteiger partial charge < -0.3 is 14.2 Å². The van der Waals surface area contributed by atoms with Crippen LogP contribution in [0.25, 0.3) is 11.1 Å². The minimum Gasteiger partial charge on any atom is -0.423 e. The second kappa shape index (κ2) is 10.5. The van der Waals surface area contributed by atoms with Crippen molar-refractivity contribution in [2.45, 2.75) is 39.5 Å². The molecule has 2 aromatic rings. The monoisotopic (exact) mass is 468 g/mol. The predicted octanol–water partition coefficient (Wildman–Crippen LogP) is 5.99. The van der Waals surface area contributed by atoms with Crippen molar-refractivity contribution >= 4 is 29.7 Å². The lowest BCUT2D eigenvalue weighted by Crippen LogP contribution is -2.26. The van der Waals surface area contributed by atoms with E-state index in [0.29, 0.717) is 11.3 Å². The fourth-order valence-electron chi connectivity index (χ4n) is 2.45. The molecule has 0 heterocycles. The molecule has 0 N–H and O–H groups in total. The summed E-state index contributed by atoms with van der Waals surface area (Å²) >= 11 is 1.46. The quantitative estimate of drug-likeness (QED) is 0.214. The summed E-state index contributed by atoms with van der Waals surface area (Å²) in [7, 11) is 0. The van der Waals surface area contributed by atoms with Gasteiger partial charge in [0.2, 0.25) is 0 Å². The van der Waals surface area contributed by atoms with Crippen LogP contribution in [0.15, 0.2) is 65.6 Å². The first kappa shape index (κ1) is 25.9. The van der Waals surface area contributed by atoms with Crippen LogP contribution in [0.3, 0.4) is 0 Å². The maximum absolute atomic E-state index is 12.5. The smallest absolute Gasteiger partial charge is 0.338 e. The van der Waals surface area contributed by atoms with Crippen molar-refractivity contribution in [3.8, 4) is 28.4 Å². The molecule has 0 bridgehead atoms. The van der Waals surface area contributed by atoms with Gasteiger partial charge in [-0.3, -0.25) is 4.79 Å². The lowest BCUT2D eigenvalue weighted by molar-refractivity contribution is -0.143. The van der Waals surface area contributed by atoms with E-state index in [0.717, 1.165) is 16.0 Å². The van der Waals surface area contributed by atoms with E-state index in [1.54, 1.807) is 64.1 Å². The van der Waals surface area contributed by atoms with E-state index < -0.39 is 23.3 Å². The van der Waals surface area contributed by atoms with Crippen LogP contribution in [0.2, 0.25) is 0 Å². The average Bonchev–Trinajstić information content (AvgIpc) is 2.73. The molecule has 7 heteroatoms. The van der Waals surface area contributed by atoms with E-state index in [2.05, 4.69) is 13.2 Å². The molecule has 174 valence electrons. The molecule has 0 aromatic heterocycles. The highest BCUT2D eigenvalue weighted by Crippen LogP contribution is 2.39. The maximum atomic E-state index is 12.5. The lowest BCUT2D eigenvalue weighted by atomic mass is 9.97. The second-order valence-electron chi connectivity index (χ2n) is 8.50. The van der Waals surface area contributed by atoms with Gasteiger partial charge in [0.15, 0.2) is 11.5 Å². The highest BCUT2D eigenvalue weighted by molar-refractivity contribution is 7.98. The van der Waals surface area contributed by atoms with Gasteiger partial charge in [-0.15, -0.1) is 11.8 Å². The molecule has 0 fully saturated rings. The summed E-state index contributed by atoms with van der Waals surface area (Å²) in [6.45, 7) is 15.5. The molecule has 2 aromatic carbocycles. The number of esters is 3. The molecular weight excluding hydrogens is 440 g/mol. The molecule has 0 amide bonds. The topological polar surface area (TPSA) is 78.9 Å². The van der Waals surface area contributed by atoms with E-state index in [1.807, 2.05) is 6.26 Å². The van der Waals surface area contributed by atoms with Crippen molar-refractivity contribution in [2.24, 2.45) is 5.41 Å². The fourth-order valence-corrected chi connectivity index (χ4v) is 3.09. The van der Waals surface area contributed by atoms with E-state index >= 15 is 0 Å². The van der Waals surface area contributed by atoms with E-state index in [9.17, 15) is 14.4 Å². The Labute approximate surface area is 198 Å². The number of thioether (sulfide) groups is 1. The number of ether oxygens (including phenoxy) is 3. The lowest BCUT2D eigenvalue weighted by Gasteiger charge is -2.19. The highest BCUT2D eigenvalue weighted by atomic mass is 32.2. The molecular formula is C26H28O6S. The maximum Gasteiger partial charge on any atom is 0.338 e. The predicted molar refractivity (Wildman–Crippen MR) is 130 cm³/mol. The Kier molecular flexibility index (Phi) is 8.28. The first-order chi connectivity index (χ1) is 15.3. The molecule has 0 saturated carbocycles. The molecule has 0 aliphatic rings. The Bertz CT molecular complexity index is 1120.